The zero-order valence-electron chi connectivity index (χ0n) is 16.3. The SMILES string of the molecule is COc1ccc(OC)c(C(=O)NCCN2C(=O)S/C(=C\c3ccc(F)cc3)C2=O)c1. The summed E-state index contributed by atoms with van der Waals surface area (Å²) in [4.78, 5) is 38.5. The normalized spacial score (nSPS) is 14.9. The van der Waals surface area contributed by atoms with Gasteiger partial charge in [0, 0.05) is 13.1 Å². The number of carbonyl (C=O) groups excluding carboxylic acids is 3. The third-order valence-corrected chi connectivity index (χ3v) is 5.22. The number of methoxy groups -OCH3 is 2. The van der Waals surface area contributed by atoms with Crippen LogP contribution in [0.2, 0.25) is 0 Å². The summed E-state index contributed by atoms with van der Waals surface area (Å²) in [5.74, 6) is -0.384. The van der Waals surface area contributed by atoms with E-state index in [-0.39, 0.29) is 29.4 Å². The Bertz CT molecular complexity index is 1010. The number of ether oxygens (including phenoxy) is 2. The topological polar surface area (TPSA) is 84.9 Å². The predicted molar refractivity (Wildman–Crippen MR) is 111 cm³/mol. The molecule has 2 aromatic rings. The standard InChI is InChI=1S/C21H19FN2O5S/c1-28-15-7-8-17(29-2)16(12-15)19(25)23-9-10-24-20(26)18(30-21(24)27)11-13-3-5-14(22)6-4-13/h3-8,11-12H,9-10H2,1-2H3,(H,23,25)/b18-11-. The zero-order chi connectivity index (χ0) is 21.7. The van der Waals surface area contributed by atoms with Crippen molar-refractivity contribution in [3.05, 3.63) is 64.3 Å². The Morgan fingerprint density at radius 3 is 2.53 bits per heavy atom. The monoisotopic (exact) mass is 430 g/mol. The summed E-state index contributed by atoms with van der Waals surface area (Å²) in [6.45, 7) is 0.0878. The van der Waals surface area contributed by atoms with Crippen LogP contribution < -0.4 is 14.8 Å². The molecule has 0 aliphatic carbocycles. The van der Waals surface area contributed by atoms with Crippen molar-refractivity contribution in [2.45, 2.75) is 0 Å². The van der Waals surface area contributed by atoms with Gasteiger partial charge in [0.2, 0.25) is 0 Å². The molecule has 0 unspecified atom stereocenters. The summed E-state index contributed by atoms with van der Waals surface area (Å²) in [5.41, 5.74) is 0.891. The molecule has 1 N–H and O–H groups in total. The third-order valence-electron chi connectivity index (χ3n) is 4.31. The van der Waals surface area contributed by atoms with E-state index in [0.717, 1.165) is 16.7 Å². The summed E-state index contributed by atoms with van der Waals surface area (Å²) in [6, 6.07) is 10.4. The Morgan fingerprint density at radius 2 is 1.87 bits per heavy atom. The minimum absolute atomic E-state index is 0.0173. The molecule has 0 spiro atoms. The lowest BCUT2D eigenvalue weighted by Gasteiger charge is -2.14. The number of nitrogens with one attached hydrogen (secondary N) is 1. The summed E-state index contributed by atoms with van der Waals surface area (Å²) < 4.78 is 23.3. The first-order valence-electron chi connectivity index (χ1n) is 8.94. The van der Waals surface area contributed by atoms with Gasteiger partial charge in [-0.15, -0.1) is 0 Å². The summed E-state index contributed by atoms with van der Waals surface area (Å²) >= 11 is 0.803. The maximum atomic E-state index is 13.0. The molecular weight excluding hydrogens is 411 g/mol. The number of halogens is 1. The zero-order valence-corrected chi connectivity index (χ0v) is 17.1. The smallest absolute Gasteiger partial charge is 0.293 e. The molecule has 3 rings (SSSR count). The Morgan fingerprint density at radius 1 is 1.13 bits per heavy atom. The Balaban J connectivity index is 1.62. The molecule has 0 radical (unpaired) electrons. The minimum Gasteiger partial charge on any atom is -0.497 e. The van der Waals surface area contributed by atoms with E-state index in [9.17, 15) is 18.8 Å². The molecule has 1 aliphatic rings. The fraction of sp³-hybridized carbons (Fsp3) is 0.190. The fourth-order valence-corrected chi connectivity index (χ4v) is 3.64. The molecule has 0 saturated carbocycles. The highest BCUT2D eigenvalue weighted by atomic mass is 32.2. The number of imide groups is 1. The van der Waals surface area contributed by atoms with E-state index in [4.69, 9.17) is 9.47 Å². The lowest BCUT2D eigenvalue weighted by molar-refractivity contribution is -0.122. The quantitative estimate of drug-likeness (QED) is 0.679. The Kier molecular flexibility index (Phi) is 6.73. The number of rotatable bonds is 7. The first kappa shape index (κ1) is 21.4. The molecule has 30 heavy (non-hydrogen) atoms. The van der Waals surface area contributed by atoms with Gasteiger partial charge in [0.25, 0.3) is 17.1 Å². The lowest BCUT2D eigenvalue weighted by atomic mass is 10.1. The van der Waals surface area contributed by atoms with Crippen LogP contribution in [-0.2, 0) is 4.79 Å². The van der Waals surface area contributed by atoms with Crippen LogP contribution in [0.3, 0.4) is 0 Å². The highest BCUT2D eigenvalue weighted by molar-refractivity contribution is 8.18. The first-order chi connectivity index (χ1) is 14.4. The van der Waals surface area contributed by atoms with Gasteiger partial charge in [-0.25, -0.2) is 4.39 Å². The highest BCUT2D eigenvalue weighted by Crippen LogP contribution is 2.32. The van der Waals surface area contributed by atoms with Crippen LogP contribution >= 0.6 is 11.8 Å². The van der Waals surface area contributed by atoms with Gasteiger partial charge in [0.05, 0.1) is 24.7 Å². The van der Waals surface area contributed by atoms with Crippen molar-refractivity contribution >= 4 is 34.9 Å². The molecule has 2 aromatic carbocycles. The van der Waals surface area contributed by atoms with Crippen molar-refractivity contribution < 1.29 is 28.2 Å². The highest BCUT2D eigenvalue weighted by Gasteiger charge is 2.34. The number of nitrogens with zero attached hydrogens (tertiary/aromatic N) is 1. The van der Waals surface area contributed by atoms with Crippen molar-refractivity contribution in [1.82, 2.24) is 10.2 Å². The summed E-state index contributed by atoms with van der Waals surface area (Å²) in [7, 11) is 2.94. The minimum atomic E-state index is -0.456. The maximum Gasteiger partial charge on any atom is 0.293 e. The number of thioether (sulfide) groups is 1. The van der Waals surface area contributed by atoms with Gasteiger partial charge in [-0.3, -0.25) is 19.3 Å². The van der Waals surface area contributed by atoms with Gasteiger partial charge < -0.3 is 14.8 Å². The van der Waals surface area contributed by atoms with E-state index in [1.807, 2.05) is 0 Å². The molecule has 7 nitrogen and oxygen atoms in total. The lowest BCUT2D eigenvalue weighted by Crippen LogP contribution is -2.37. The molecule has 3 amide bonds. The number of hydrogen-bond acceptors (Lipinski definition) is 6. The van der Waals surface area contributed by atoms with Crippen LogP contribution in [0.25, 0.3) is 6.08 Å². The average Bonchev–Trinajstić information content (AvgIpc) is 3.02. The van der Waals surface area contributed by atoms with Gasteiger partial charge in [-0.05, 0) is 53.7 Å². The van der Waals surface area contributed by atoms with Crippen molar-refractivity contribution in [2.24, 2.45) is 0 Å². The molecule has 1 aliphatic heterocycles. The maximum absolute atomic E-state index is 13.0. The van der Waals surface area contributed by atoms with E-state index in [2.05, 4.69) is 5.32 Å². The van der Waals surface area contributed by atoms with Crippen molar-refractivity contribution in [3.63, 3.8) is 0 Å². The summed E-state index contributed by atoms with van der Waals surface area (Å²) in [5, 5.41) is 2.24. The second-order valence-corrected chi connectivity index (χ2v) is 7.20. The molecule has 1 heterocycles. The van der Waals surface area contributed by atoms with Crippen LogP contribution in [0.4, 0.5) is 9.18 Å². The van der Waals surface area contributed by atoms with Gasteiger partial charge in [0.15, 0.2) is 0 Å². The van der Waals surface area contributed by atoms with Crippen molar-refractivity contribution in [2.75, 3.05) is 27.3 Å². The fourth-order valence-electron chi connectivity index (χ4n) is 2.77. The van der Waals surface area contributed by atoms with E-state index in [1.165, 1.54) is 44.6 Å². The third kappa shape index (κ3) is 4.80. The predicted octanol–water partition coefficient (Wildman–Crippen LogP) is 3.31. The molecule has 9 heteroatoms. The van der Waals surface area contributed by atoms with Gasteiger partial charge in [0.1, 0.15) is 17.3 Å². The molecule has 1 saturated heterocycles. The van der Waals surface area contributed by atoms with Crippen LogP contribution in [0.15, 0.2) is 47.4 Å². The van der Waals surface area contributed by atoms with E-state index >= 15 is 0 Å². The van der Waals surface area contributed by atoms with Gasteiger partial charge in [-0.1, -0.05) is 12.1 Å². The van der Waals surface area contributed by atoms with Gasteiger partial charge in [-0.2, -0.15) is 0 Å². The molecular formula is C21H19FN2O5S. The van der Waals surface area contributed by atoms with E-state index in [0.29, 0.717) is 17.1 Å². The second kappa shape index (κ2) is 9.45. The Hall–Kier alpha value is -3.33. The number of amides is 3. The molecule has 0 atom stereocenters. The van der Waals surface area contributed by atoms with Crippen molar-refractivity contribution in [3.8, 4) is 11.5 Å². The second-order valence-electron chi connectivity index (χ2n) is 6.21. The largest absolute Gasteiger partial charge is 0.497 e. The first-order valence-corrected chi connectivity index (χ1v) is 9.75. The molecule has 0 bridgehead atoms. The van der Waals surface area contributed by atoms with Crippen molar-refractivity contribution in [1.29, 1.82) is 0 Å². The van der Waals surface area contributed by atoms with E-state index < -0.39 is 17.1 Å². The number of carbonyl (C=O) groups is 3. The summed E-state index contributed by atoms with van der Waals surface area (Å²) in [6.07, 6.45) is 1.53. The molecule has 1 fully saturated rings. The number of hydrogen-bond donors (Lipinski definition) is 1. The van der Waals surface area contributed by atoms with Crippen LogP contribution in [0.5, 0.6) is 11.5 Å². The Labute approximate surface area is 176 Å². The van der Waals surface area contributed by atoms with Crippen LogP contribution in [0.1, 0.15) is 15.9 Å². The van der Waals surface area contributed by atoms with Gasteiger partial charge >= 0.3 is 0 Å². The molecule has 0 aromatic heterocycles. The van der Waals surface area contributed by atoms with Crippen LogP contribution in [-0.4, -0.2) is 49.3 Å². The van der Waals surface area contributed by atoms with Crippen LogP contribution in [0, 0.1) is 5.82 Å². The molecule has 156 valence electrons. The average molecular weight is 430 g/mol. The van der Waals surface area contributed by atoms with E-state index in [1.54, 1.807) is 18.2 Å². The number of benzene rings is 2.